The van der Waals surface area contributed by atoms with Crippen LogP contribution in [-0.4, -0.2) is 32.6 Å². The van der Waals surface area contributed by atoms with Gasteiger partial charge >= 0.3 is 0 Å². The van der Waals surface area contributed by atoms with Crippen molar-refractivity contribution in [3.05, 3.63) is 23.8 Å². The van der Waals surface area contributed by atoms with E-state index in [-0.39, 0.29) is 11.8 Å². The number of Topliss-reactive ketones (excluding diaryl/α,β-unsaturated/α-hetero) is 1. The van der Waals surface area contributed by atoms with E-state index in [1.807, 2.05) is 0 Å². The maximum atomic E-state index is 12.6. The van der Waals surface area contributed by atoms with Crippen LogP contribution in [0.5, 0.6) is 11.5 Å². The molecule has 1 aromatic rings. The smallest absolute Gasteiger partial charge is 0.183 e. The monoisotopic (exact) mass is 263 g/mol. The molecule has 1 heterocycles. The van der Waals surface area contributed by atoms with Crippen LogP contribution < -0.4 is 14.8 Å². The van der Waals surface area contributed by atoms with Crippen LogP contribution in [0.1, 0.15) is 36.0 Å². The summed E-state index contributed by atoms with van der Waals surface area (Å²) in [7, 11) is 3.18. The summed E-state index contributed by atoms with van der Waals surface area (Å²) < 4.78 is 10.5. The first kappa shape index (κ1) is 13.9. The van der Waals surface area contributed by atoms with E-state index < -0.39 is 0 Å². The molecular weight excluding hydrogens is 242 g/mol. The third-order valence-electron chi connectivity index (χ3n) is 3.55. The number of ether oxygens (including phenoxy) is 2. The van der Waals surface area contributed by atoms with E-state index in [9.17, 15) is 4.79 Å². The van der Waals surface area contributed by atoms with E-state index in [4.69, 9.17) is 9.47 Å². The number of hydrogen-bond acceptors (Lipinski definition) is 4. The van der Waals surface area contributed by atoms with Crippen LogP contribution >= 0.6 is 0 Å². The minimum Gasteiger partial charge on any atom is -0.497 e. The molecule has 4 nitrogen and oxygen atoms in total. The number of ketones is 1. The summed E-state index contributed by atoms with van der Waals surface area (Å²) >= 11 is 0. The summed E-state index contributed by atoms with van der Waals surface area (Å²) in [5, 5.41) is 3.32. The molecule has 1 N–H and O–H groups in total. The Morgan fingerprint density at radius 1 is 1.21 bits per heavy atom. The van der Waals surface area contributed by atoms with Crippen LogP contribution in [0.3, 0.4) is 0 Å². The second kappa shape index (κ2) is 6.57. The maximum Gasteiger partial charge on any atom is 0.183 e. The number of nitrogens with one attached hydrogen (secondary N) is 1. The Morgan fingerprint density at radius 3 is 2.79 bits per heavy atom. The van der Waals surface area contributed by atoms with Crippen molar-refractivity contribution >= 4 is 5.78 Å². The van der Waals surface area contributed by atoms with Gasteiger partial charge < -0.3 is 14.8 Å². The summed E-state index contributed by atoms with van der Waals surface area (Å²) in [5.41, 5.74) is 0.598. The molecule has 2 rings (SSSR count). The second-order valence-electron chi connectivity index (χ2n) is 4.79. The molecule has 1 unspecified atom stereocenters. The van der Waals surface area contributed by atoms with Crippen molar-refractivity contribution in [2.24, 2.45) is 0 Å². The molecule has 0 spiro atoms. The van der Waals surface area contributed by atoms with Gasteiger partial charge in [0.15, 0.2) is 5.78 Å². The van der Waals surface area contributed by atoms with Gasteiger partial charge in [0, 0.05) is 0 Å². The van der Waals surface area contributed by atoms with Gasteiger partial charge in [-0.2, -0.15) is 0 Å². The summed E-state index contributed by atoms with van der Waals surface area (Å²) in [6, 6.07) is 5.23. The zero-order valence-corrected chi connectivity index (χ0v) is 11.6. The SMILES string of the molecule is COc1ccc(OC)c(C(=O)C2CCCCCN2)c1. The highest BCUT2D eigenvalue weighted by Crippen LogP contribution is 2.26. The molecule has 1 saturated heterocycles. The minimum absolute atomic E-state index is 0.0950. The lowest BCUT2D eigenvalue weighted by atomic mass is 9.99. The molecule has 4 heteroatoms. The number of benzene rings is 1. The van der Waals surface area contributed by atoms with E-state index in [1.54, 1.807) is 32.4 Å². The van der Waals surface area contributed by atoms with Gasteiger partial charge in [0.2, 0.25) is 0 Å². The zero-order valence-electron chi connectivity index (χ0n) is 11.6. The lowest BCUT2D eigenvalue weighted by Crippen LogP contribution is -2.36. The predicted molar refractivity (Wildman–Crippen MR) is 74.1 cm³/mol. The number of carbonyl (C=O) groups excluding carboxylic acids is 1. The van der Waals surface area contributed by atoms with Gasteiger partial charge in [-0.15, -0.1) is 0 Å². The topological polar surface area (TPSA) is 47.6 Å². The van der Waals surface area contributed by atoms with Crippen LogP contribution in [-0.2, 0) is 0 Å². The molecule has 0 aromatic heterocycles. The van der Waals surface area contributed by atoms with Crippen molar-refractivity contribution in [1.82, 2.24) is 5.32 Å². The standard InChI is InChI=1S/C15H21NO3/c1-18-11-7-8-14(19-2)12(10-11)15(17)13-6-4-3-5-9-16-13/h7-8,10,13,16H,3-6,9H2,1-2H3. The molecule has 1 aliphatic rings. The van der Waals surface area contributed by atoms with Crippen molar-refractivity contribution in [3.63, 3.8) is 0 Å². The molecule has 1 atom stereocenters. The Kier molecular flexibility index (Phi) is 4.80. The van der Waals surface area contributed by atoms with E-state index in [0.717, 1.165) is 25.8 Å². The Bertz CT molecular complexity index is 437. The van der Waals surface area contributed by atoms with E-state index in [0.29, 0.717) is 17.1 Å². The summed E-state index contributed by atoms with van der Waals surface area (Å²) in [4.78, 5) is 12.6. The third-order valence-corrected chi connectivity index (χ3v) is 3.55. The van der Waals surface area contributed by atoms with Gasteiger partial charge in [0.25, 0.3) is 0 Å². The molecule has 1 aromatic carbocycles. The van der Waals surface area contributed by atoms with E-state index in [2.05, 4.69) is 5.32 Å². The number of hydrogen-bond donors (Lipinski definition) is 1. The highest BCUT2D eigenvalue weighted by molar-refractivity contribution is 6.02. The van der Waals surface area contributed by atoms with Gasteiger partial charge in [0.1, 0.15) is 11.5 Å². The van der Waals surface area contributed by atoms with Crippen molar-refractivity contribution in [1.29, 1.82) is 0 Å². The maximum absolute atomic E-state index is 12.6. The molecule has 1 fully saturated rings. The Morgan fingerprint density at radius 2 is 2.05 bits per heavy atom. The molecule has 19 heavy (non-hydrogen) atoms. The molecule has 0 bridgehead atoms. The van der Waals surface area contributed by atoms with E-state index >= 15 is 0 Å². The van der Waals surface area contributed by atoms with Crippen molar-refractivity contribution < 1.29 is 14.3 Å². The fourth-order valence-electron chi connectivity index (χ4n) is 2.45. The summed E-state index contributed by atoms with van der Waals surface area (Å²) in [5.74, 6) is 1.38. The Labute approximate surface area is 114 Å². The third kappa shape index (κ3) is 3.26. The fourth-order valence-corrected chi connectivity index (χ4v) is 2.45. The van der Waals surface area contributed by atoms with Gasteiger partial charge in [-0.25, -0.2) is 0 Å². The van der Waals surface area contributed by atoms with Gasteiger partial charge in [0.05, 0.1) is 25.8 Å². The predicted octanol–water partition coefficient (Wildman–Crippen LogP) is 2.42. The lowest BCUT2D eigenvalue weighted by molar-refractivity contribution is 0.0937. The summed E-state index contributed by atoms with van der Waals surface area (Å²) in [6.45, 7) is 0.905. The molecular formula is C15H21NO3. The average molecular weight is 263 g/mol. The first-order valence-corrected chi connectivity index (χ1v) is 6.76. The number of rotatable bonds is 4. The molecule has 0 amide bonds. The van der Waals surface area contributed by atoms with Crippen LogP contribution in [0.25, 0.3) is 0 Å². The summed E-state index contributed by atoms with van der Waals surface area (Å²) in [6.07, 6.45) is 4.31. The average Bonchev–Trinajstić information content (AvgIpc) is 2.74. The molecule has 0 saturated carbocycles. The molecule has 0 radical (unpaired) electrons. The van der Waals surface area contributed by atoms with Gasteiger partial charge in [-0.3, -0.25) is 4.79 Å². The van der Waals surface area contributed by atoms with Gasteiger partial charge in [-0.1, -0.05) is 12.8 Å². The van der Waals surface area contributed by atoms with E-state index in [1.165, 1.54) is 6.42 Å². The lowest BCUT2D eigenvalue weighted by Gasteiger charge is -2.17. The minimum atomic E-state index is -0.108. The van der Waals surface area contributed by atoms with Crippen molar-refractivity contribution in [2.75, 3.05) is 20.8 Å². The van der Waals surface area contributed by atoms with Crippen molar-refractivity contribution in [2.45, 2.75) is 31.7 Å². The molecule has 1 aliphatic heterocycles. The first-order valence-electron chi connectivity index (χ1n) is 6.76. The van der Waals surface area contributed by atoms with Crippen LogP contribution in [0.4, 0.5) is 0 Å². The number of methoxy groups -OCH3 is 2. The highest BCUT2D eigenvalue weighted by Gasteiger charge is 2.24. The highest BCUT2D eigenvalue weighted by atomic mass is 16.5. The largest absolute Gasteiger partial charge is 0.497 e. The zero-order chi connectivity index (χ0) is 13.7. The van der Waals surface area contributed by atoms with Crippen molar-refractivity contribution in [3.8, 4) is 11.5 Å². The molecule has 104 valence electrons. The fraction of sp³-hybridized carbons (Fsp3) is 0.533. The first-order chi connectivity index (χ1) is 9.26. The normalized spacial score (nSPS) is 19.6. The Hall–Kier alpha value is -1.55. The second-order valence-corrected chi connectivity index (χ2v) is 4.79. The Balaban J connectivity index is 2.25. The van der Waals surface area contributed by atoms with Crippen LogP contribution in [0, 0.1) is 0 Å². The quantitative estimate of drug-likeness (QED) is 0.847. The van der Waals surface area contributed by atoms with Crippen LogP contribution in [0.2, 0.25) is 0 Å². The number of carbonyl (C=O) groups is 1. The molecule has 0 aliphatic carbocycles. The van der Waals surface area contributed by atoms with Crippen LogP contribution in [0.15, 0.2) is 18.2 Å². The van der Waals surface area contributed by atoms with Gasteiger partial charge in [-0.05, 0) is 37.6 Å².